The highest BCUT2D eigenvalue weighted by Crippen LogP contribution is 2.62. The number of ether oxygens (including phenoxy) is 4. The first-order valence-electron chi connectivity index (χ1n) is 20.5. The smallest absolute Gasteiger partial charge is 0.410 e. The number of allylic oxidation sites excluding steroid dienone is 1. The zero-order valence-corrected chi connectivity index (χ0v) is 35.3. The van der Waals surface area contributed by atoms with E-state index in [2.05, 4.69) is 36.0 Å². The van der Waals surface area contributed by atoms with E-state index in [1.54, 1.807) is 34.9 Å². The molecule has 6 atom stereocenters. The fourth-order valence-electron chi connectivity index (χ4n) is 8.98. The van der Waals surface area contributed by atoms with Crippen molar-refractivity contribution in [2.75, 3.05) is 51.8 Å². The molecule has 1 aliphatic heterocycles. The minimum Gasteiger partial charge on any atom is -0.493 e. The van der Waals surface area contributed by atoms with Crippen LogP contribution in [-0.4, -0.2) is 90.5 Å². The SMILES string of the molecule is C=CCOC12Oc3ccc(OCCSc4ccccc4)cc3C3C(CCCCO)C(CCCCO)C=C(C(=NOC)CC1N(Cc1ccc(F)cc1)C(=O)OCCCl)C32. The molecule has 13 heteroatoms. The van der Waals surface area contributed by atoms with Crippen molar-refractivity contribution in [3.05, 3.63) is 114 Å². The number of hydrogen-bond donors (Lipinski definition) is 2. The van der Waals surface area contributed by atoms with Crippen LogP contribution in [0.1, 0.15) is 62.0 Å². The Labute approximate surface area is 356 Å². The second-order valence-corrected chi connectivity index (χ2v) is 16.6. The number of hydrogen-bond acceptors (Lipinski definition) is 10. The molecule has 3 aliphatic rings. The fourth-order valence-corrected chi connectivity index (χ4v) is 9.81. The summed E-state index contributed by atoms with van der Waals surface area (Å²) in [6.45, 7) is 4.80. The number of amides is 1. The van der Waals surface area contributed by atoms with Gasteiger partial charge >= 0.3 is 6.09 Å². The molecule has 1 amide bonds. The molecule has 2 aliphatic carbocycles. The topological polar surface area (TPSA) is 119 Å². The molecule has 318 valence electrons. The van der Waals surface area contributed by atoms with E-state index in [0.29, 0.717) is 42.2 Å². The monoisotopic (exact) mass is 850 g/mol. The van der Waals surface area contributed by atoms with Gasteiger partial charge in [0.25, 0.3) is 0 Å². The fraction of sp³-hybridized carbons (Fsp3) is 0.478. The average Bonchev–Trinajstić information content (AvgIpc) is 3.25. The van der Waals surface area contributed by atoms with Crippen molar-refractivity contribution in [3.63, 3.8) is 0 Å². The molecule has 0 spiro atoms. The Morgan fingerprint density at radius 1 is 1.05 bits per heavy atom. The van der Waals surface area contributed by atoms with Gasteiger partial charge in [-0.05, 0) is 91.1 Å². The van der Waals surface area contributed by atoms with Crippen LogP contribution in [-0.2, 0) is 20.9 Å². The molecule has 0 radical (unpaired) electrons. The normalized spacial score (nSPS) is 23.6. The van der Waals surface area contributed by atoms with Gasteiger partial charge in [-0.3, -0.25) is 4.90 Å². The Hall–Kier alpha value is -4.07. The van der Waals surface area contributed by atoms with E-state index in [9.17, 15) is 19.4 Å². The Balaban J connectivity index is 1.51. The maximum Gasteiger partial charge on any atom is 0.410 e. The van der Waals surface area contributed by atoms with Gasteiger partial charge in [-0.2, -0.15) is 0 Å². The molecular weight excluding hydrogens is 795 g/mol. The molecule has 2 N–H and O–H groups in total. The zero-order chi connectivity index (χ0) is 41.6. The number of thioether (sulfide) groups is 1. The average molecular weight is 851 g/mol. The van der Waals surface area contributed by atoms with Crippen LogP contribution < -0.4 is 9.47 Å². The van der Waals surface area contributed by atoms with E-state index in [4.69, 9.17) is 35.4 Å². The lowest BCUT2D eigenvalue weighted by Crippen LogP contribution is -2.70. The third kappa shape index (κ3) is 10.6. The summed E-state index contributed by atoms with van der Waals surface area (Å²) >= 11 is 7.76. The number of carbonyl (C=O) groups excluding carboxylic acids is 1. The van der Waals surface area contributed by atoms with E-state index < -0.39 is 29.7 Å². The molecule has 3 aromatic carbocycles. The van der Waals surface area contributed by atoms with Gasteiger partial charge in [-0.1, -0.05) is 60.5 Å². The number of unbranched alkanes of at least 4 members (excludes halogenated alkanes) is 2. The van der Waals surface area contributed by atoms with E-state index in [-0.39, 0.29) is 63.0 Å². The number of aliphatic hydroxyl groups is 2. The molecule has 1 heterocycles. The molecule has 0 bridgehead atoms. The standard InChI is InChI=1S/C46H56ClFN2O8S/c1-3-24-57-46-42(50(45(53)56-25-21-47)31-32-15-17-34(48)18-16-32)30-40(49-54-2)38-28-33(11-7-9-22-51)37(14-8-10-23-52)43(44(38)46)39-29-35(19-20-41(39)58-46)55-26-27-59-36-12-5-4-6-13-36/h3-6,12-13,15-20,28-29,33,37,42-44,51-52H,1,7-11,14,21-27,30-31H2,2H3. The quantitative estimate of drug-likeness (QED) is 0.0336. The molecule has 6 unspecified atom stereocenters. The molecule has 3 aromatic rings. The van der Waals surface area contributed by atoms with Crippen LogP contribution >= 0.6 is 23.4 Å². The third-order valence-electron chi connectivity index (χ3n) is 11.4. The predicted molar refractivity (Wildman–Crippen MR) is 229 cm³/mol. The maximum absolute atomic E-state index is 14.3. The van der Waals surface area contributed by atoms with Gasteiger partial charge < -0.3 is 34.0 Å². The second-order valence-electron chi connectivity index (χ2n) is 15.0. The Bertz CT molecular complexity index is 1880. The lowest BCUT2D eigenvalue weighted by atomic mass is 9.55. The lowest BCUT2D eigenvalue weighted by Gasteiger charge is -2.59. The molecular formula is C46H56ClFN2O8S. The molecule has 59 heavy (non-hydrogen) atoms. The molecule has 10 nitrogen and oxygen atoms in total. The van der Waals surface area contributed by atoms with Crippen molar-refractivity contribution >= 4 is 35.2 Å². The summed E-state index contributed by atoms with van der Waals surface area (Å²) < 4.78 is 40.6. The minimum absolute atomic E-state index is 0.0253. The Kier molecular flexibility index (Phi) is 16.6. The highest BCUT2D eigenvalue weighted by Gasteiger charge is 2.65. The molecule has 0 aromatic heterocycles. The molecule has 6 rings (SSSR count). The Morgan fingerprint density at radius 2 is 1.81 bits per heavy atom. The first-order chi connectivity index (χ1) is 28.9. The number of nitrogens with zero attached hydrogens (tertiary/aromatic N) is 2. The Morgan fingerprint density at radius 3 is 2.53 bits per heavy atom. The molecule has 1 saturated carbocycles. The zero-order valence-electron chi connectivity index (χ0n) is 33.7. The summed E-state index contributed by atoms with van der Waals surface area (Å²) in [6.07, 6.45) is 8.06. The second kappa shape index (κ2) is 22.0. The van der Waals surface area contributed by atoms with Crippen molar-refractivity contribution in [1.29, 1.82) is 0 Å². The van der Waals surface area contributed by atoms with Crippen molar-refractivity contribution in [2.24, 2.45) is 22.9 Å². The molecule has 0 saturated heterocycles. The van der Waals surface area contributed by atoms with E-state index in [1.807, 2.05) is 30.3 Å². The van der Waals surface area contributed by atoms with Crippen LogP contribution in [0.4, 0.5) is 9.18 Å². The predicted octanol–water partition coefficient (Wildman–Crippen LogP) is 9.14. The summed E-state index contributed by atoms with van der Waals surface area (Å²) in [5.41, 5.74) is 3.20. The van der Waals surface area contributed by atoms with E-state index in [0.717, 1.165) is 42.6 Å². The van der Waals surface area contributed by atoms with E-state index in [1.165, 1.54) is 24.1 Å². The maximum atomic E-state index is 14.3. The minimum atomic E-state index is -1.48. The largest absolute Gasteiger partial charge is 0.493 e. The lowest BCUT2D eigenvalue weighted by molar-refractivity contribution is -0.256. The van der Waals surface area contributed by atoms with Crippen LogP contribution in [0.3, 0.4) is 0 Å². The van der Waals surface area contributed by atoms with Crippen molar-refractivity contribution < 1.29 is 43.2 Å². The van der Waals surface area contributed by atoms with Gasteiger partial charge in [-0.15, -0.1) is 29.9 Å². The summed E-state index contributed by atoms with van der Waals surface area (Å²) in [5.74, 6) is -0.305. The highest BCUT2D eigenvalue weighted by atomic mass is 35.5. The van der Waals surface area contributed by atoms with Crippen molar-refractivity contribution in [3.8, 4) is 11.5 Å². The highest BCUT2D eigenvalue weighted by molar-refractivity contribution is 7.99. The first-order valence-corrected chi connectivity index (χ1v) is 22.0. The number of oxime groups is 1. The summed E-state index contributed by atoms with van der Waals surface area (Å²) in [5, 5.41) is 24.4. The van der Waals surface area contributed by atoms with Crippen molar-refractivity contribution in [1.82, 2.24) is 4.90 Å². The van der Waals surface area contributed by atoms with Gasteiger partial charge in [0.15, 0.2) is 0 Å². The van der Waals surface area contributed by atoms with Gasteiger partial charge in [0.05, 0.1) is 30.7 Å². The van der Waals surface area contributed by atoms with Crippen LogP contribution in [0.5, 0.6) is 11.5 Å². The van der Waals surface area contributed by atoms with E-state index >= 15 is 0 Å². The van der Waals surface area contributed by atoms with Gasteiger partial charge in [0, 0.05) is 48.3 Å². The number of halogens is 2. The third-order valence-corrected chi connectivity index (χ3v) is 12.5. The number of benzene rings is 3. The van der Waals surface area contributed by atoms with Crippen LogP contribution in [0.2, 0.25) is 0 Å². The summed E-state index contributed by atoms with van der Waals surface area (Å²) in [6, 6.07) is 21.3. The van der Waals surface area contributed by atoms with Crippen LogP contribution in [0, 0.1) is 23.6 Å². The number of carbonyl (C=O) groups is 1. The van der Waals surface area contributed by atoms with Gasteiger partial charge in [0.1, 0.15) is 37.1 Å². The summed E-state index contributed by atoms with van der Waals surface area (Å²) in [4.78, 5) is 22.6. The number of aliphatic hydroxyl groups excluding tert-OH is 2. The van der Waals surface area contributed by atoms with Crippen LogP contribution in [0.25, 0.3) is 0 Å². The van der Waals surface area contributed by atoms with Gasteiger partial charge in [0.2, 0.25) is 5.79 Å². The molecule has 1 fully saturated rings. The first kappa shape index (κ1) is 44.5. The summed E-state index contributed by atoms with van der Waals surface area (Å²) in [7, 11) is 1.51. The van der Waals surface area contributed by atoms with Gasteiger partial charge in [-0.25, -0.2) is 9.18 Å². The van der Waals surface area contributed by atoms with Crippen LogP contribution in [0.15, 0.2) is 107 Å². The number of rotatable bonds is 22. The number of alkyl halides is 1. The number of fused-ring (bicyclic) bond motifs is 2. The van der Waals surface area contributed by atoms with Crippen molar-refractivity contribution in [2.45, 2.75) is 74.1 Å².